The number of nitro groups is 1. The van der Waals surface area contributed by atoms with Crippen LogP contribution >= 0.6 is 11.6 Å². The summed E-state index contributed by atoms with van der Waals surface area (Å²) < 4.78 is 16.9. The zero-order chi connectivity index (χ0) is 24.8. The quantitative estimate of drug-likeness (QED) is 0.166. The third-order valence-electron chi connectivity index (χ3n) is 5.08. The van der Waals surface area contributed by atoms with Crippen LogP contribution in [-0.4, -0.2) is 30.0 Å². The standard InChI is InChI=1S/C26H21ClN2O6/c1-2-33-24-15-18(8-11-23(24)34-13-12-17-6-4-3-5-7-17)14-22-26(30)35-25(28-22)20-10-9-19(29(31)32)16-21(20)27/h3-11,14-16H,2,12-13H2,1H3/b22-14-. The molecule has 0 saturated heterocycles. The van der Waals surface area contributed by atoms with E-state index < -0.39 is 10.9 Å². The highest BCUT2D eigenvalue weighted by Gasteiger charge is 2.26. The molecule has 0 saturated carbocycles. The number of hydrogen-bond donors (Lipinski definition) is 0. The van der Waals surface area contributed by atoms with Gasteiger partial charge in [0.2, 0.25) is 5.90 Å². The van der Waals surface area contributed by atoms with Crippen LogP contribution in [0.25, 0.3) is 6.08 Å². The number of carbonyl (C=O) groups is 1. The SMILES string of the molecule is CCOc1cc(/C=C2\N=C(c3ccc([N+](=O)[O-])cc3Cl)OC2=O)ccc1OCCc1ccccc1. The fourth-order valence-corrected chi connectivity index (χ4v) is 3.65. The van der Waals surface area contributed by atoms with E-state index in [1.807, 2.05) is 37.3 Å². The number of nitro benzene ring substituents is 1. The summed E-state index contributed by atoms with van der Waals surface area (Å²) in [5.74, 6) is 0.465. The molecule has 9 heteroatoms. The highest BCUT2D eigenvalue weighted by molar-refractivity contribution is 6.34. The largest absolute Gasteiger partial charge is 0.490 e. The van der Waals surface area contributed by atoms with Crippen molar-refractivity contribution in [1.82, 2.24) is 0 Å². The Morgan fingerprint density at radius 2 is 1.86 bits per heavy atom. The van der Waals surface area contributed by atoms with Crippen LogP contribution in [0.4, 0.5) is 5.69 Å². The molecule has 3 aromatic rings. The van der Waals surface area contributed by atoms with Crippen molar-refractivity contribution in [2.75, 3.05) is 13.2 Å². The van der Waals surface area contributed by atoms with Crippen molar-refractivity contribution in [2.45, 2.75) is 13.3 Å². The Morgan fingerprint density at radius 1 is 1.06 bits per heavy atom. The minimum absolute atomic E-state index is 0.0213. The van der Waals surface area contributed by atoms with E-state index in [0.717, 1.165) is 6.42 Å². The Balaban J connectivity index is 1.53. The second-order valence-corrected chi connectivity index (χ2v) is 7.89. The number of aliphatic imine (C=N–C) groups is 1. The van der Waals surface area contributed by atoms with Crippen molar-refractivity contribution in [3.05, 3.63) is 104 Å². The molecule has 0 bridgehead atoms. The molecule has 0 aromatic heterocycles. The maximum Gasteiger partial charge on any atom is 0.363 e. The number of esters is 1. The summed E-state index contributed by atoms with van der Waals surface area (Å²) in [6, 6.07) is 19.2. The molecule has 0 unspecified atom stereocenters. The first-order valence-electron chi connectivity index (χ1n) is 10.8. The van der Waals surface area contributed by atoms with Crippen molar-refractivity contribution < 1.29 is 23.9 Å². The predicted octanol–water partition coefficient (Wildman–Crippen LogP) is 5.61. The van der Waals surface area contributed by atoms with Crippen molar-refractivity contribution in [3.8, 4) is 11.5 Å². The number of carbonyl (C=O) groups excluding carboxylic acids is 1. The Bertz CT molecular complexity index is 1320. The van der Waals surface area contributed by atoms with Gasteiger partial charge < -0.3 is 14.2 Å². The van der Waals surface area contributed by atoms with Crippen LogP contribution in [0.5, 0.6) is 11.5 Å². The van der Waals surface area contributed by atoms with Gasteiger partial charge in [-0.1, -0.05) is 48.0 Å². The molecule has 1 aliphatic rings. The maximum absolute atomic E-state index is 12.4. The van der Waals surface area contributed by atoms with Crippen molar-refractivity contribution in [2.24, 2.45) is 4.99 Å². The number of benzene rings is 3. The number of halogens is 1. The Morgan fingerprint density at radius 3 is 2.57 bits per heavy atom. The normalized spacial score (nSPS) is 13.9. The Labute approximate surface area is 206 Å². The zero-order valence-corrected chi connectivity index (χ0v) is 19.5. The monoisotopic (exact) mass is 492 g/mol. The average molecular weight is 493 g/mol. The van der Waals surface area contributed by atoms with Gasteiger partial charge in [0.15, 0.2) is 17.2 Å². The lowest BCUT2D eigenvalue weighted by Gasteiger charge is -2.12. The molecule has 4 rings (SSSR count). The molecular weight excluding hydrogens is 472 g/mol. The van der Waals surface area contributed by atoms with Gasteiger partial charge in [0.1, 0.15) is 0 Å². The number of nitrogens with zero attached hydrogens (tertiary/aromatic N) is 2. The van der Waals surface area contributed by atoms with Crippen LogP contribution in [0.1, 0.15) is 23.6 Å². The lowest BCUT2D eigenvalue weighted by molar-refractivity contribution is -0.384. The highest BCUT2D eigenvalue weighted by atomic mass is 35.5. The third-order valence-corrected chi connectivity index (χ3v) is 5.39. The second kappa shape index (κ2) is 10.8. The molecule has 0 N–H and O–H groups in total. The predicted molar refractivity (Wildman–Crippen MR) is 132 cm³/mol. The molecule has 0 fully saturated rings. The van der Waals surface area contributed by atoms with E-state index in [0.29, 0.717) is 30.3 Å². The third kappa shape index (κ3) is 5.85. The summed E-state index contributed by atoms with van der Waals surface area (Å²) in [4.78, 5) is 27.0. The number of cyclic esters (lactones) is 1. The van der Waals surface area contributed by atoms with Gasteiger partial charge in [-0.2, -0.15) is 0 Å². The topological polar surface area (TPSA) is 100 Å². The van der Waals surface area contributed by atoms with Gasteiger partial charge >= 0.3 is 5.97 Å². The minimum Gasteiger partial charge on any atom is -0.490 e. The molecule has 0 radical (unpaired) electrons. The molecule has 178 valence electrons. The first-order valence-corrected chi connectivity index (χ1v) is 11.2. The fourth-order valence-electron chi connectivity index (χ4n) is 3.40. The van der Waals surface area contributed by atoms with Crippen LogP contribution in [-0.2, 0) is 16.0 Å². The summed E-state index contributed by atoms with van der Waals surface area (Å²) in [6.07, 6.45) is 2.32. The number of non-ortho nitro benzene ring substituents is 1. The van der Waals surface area contributed by atoms with Gasteiger partial charge in [0.25, 0.3) is 5.69 Å². The summed E-state index contributed by atoms with van der Waals surface area (Å²) >= 11 is 6.14. The van der Waals surface area contributed by atoms with Gasteiger partial charge in [-0.25, -0.2) is 9.79 Å². The lowest BCUT2D eigenvalue weighted by Crippen LogP contribution is -2.06. The van der Waals surface area contributed by atoms with Crippen LogP contribution in [0.2, 0.25) is 5.02 Å². The van der Waals surface area contributed by atoms with Crippen molar-refractivity contribution >= 4 is 35.2 Å². The fraction of sp³-hybridized carbons (Fsp3) is 0.154. The first kappa shape index (κ1) is 24.0. The van der Waals surface area contributed by atoms with Crippen LogP contribution in [0.3, 0.4) is 0 Å². The molecule has 1 aliphatic heterocycles. The van der Waals surface area contributed by atoms with Gasteiger partial charge in [0, 0.05) is 18.6 Å². The minimum atomic E-state index is -0.657. The number of hydrogen-bond acceptors (Lipinski definition) is 7. The molecule has 35 heavy (non-hydrogen) atoms. The van der Waals surface area contributed by atoms with E-state index in [4.69, 9.17) is 25.8 Å². The molecule has 1 heterocycles. The first-order chi connectivity index (χ1) is 16.9. The molecule has 0 aliphatic carbocycles. The average Bonchev–Trinajstić information content (AvgIpc) is 3.20. The lowest BCUT2D eigenvalue weighted by atomic mass is 10.1. The van der Waals surface area contributed by atoms with Crippen LogP contribution < -0.4 is 9.47 Å². The van der Waals surface area contributed by atoms with Crippen LogP contribution in [0.15, 0.2) is 77.4 Å². The molecular formula is C26H21ClN2O6. The highest BCUT2D eigenvalue weighted by Crippen LogP contribution is 2.31. The van der Waals surface area contributed by atoms with E-state index in [1.54, 1.807) is 24.3 Å². The maximum atomic E-state index is 12.4. The molecule has 0 spiro atoms. The van der Waals surface area contributed by atoms with E-state index in [2.05, 4.69) is 4.99 Å². The van der Waals surface area contributed by atoms with E-state index in [1.165, 1.54) is 23.8 Å². The summed E-state index contributed by atoms with van der Waals surface area (Å²) in [6.45, 7) is 2.80. The number of rotatable bonds is 9. The summed E-state index contributed by atoms with van der Waals surface area (Å²) in [5, 5.41) is 11.0. The van der Waals surface area contributed by atoms with Crippen LogP contribution in [0, 0.1) is 10.1 Å². The Kier molecular flexibility index (Phi) is 7.42. The summed E-state index contributed by atoms with van der Waals surface area (Å²) in [5.41, 5.74) is 2.01. The van der Waals surface area contributed by atoms with Gasteiger partial charge in [0.05, 0.1) is 28.7 Å². The molecule has 0 amide bonds. The van der Waals surface area contributed by atoms with Crippen molar-refractivity contribution in [3.63, 3.8) is 0 Å². The van der Waals surface area contributed by atoms with Crippen molar-refractivity contribution in [1.29, 1.82) is 0 Å². The molecule has 0 atom stereocenters. The number of ether oxygens (including phenoxy) is 3. The van der Waals surface area contributed by atoms with E-state index in [9.17, 15) is 14.9 Å². The smallest absolute Gasteiger partial charge is 0.363 e. The second-order valence-electron chi connectivity index (χ2n) is 7.48. The van der Waals surface area contributed by atoms with Gasteiger partial charge in [-0.05, 0) is 42.3 Å². The van der Waals surface area contributed by atoms with Gasteiger partial charge in [-0.15, -0.1) is 0 Å². The summed E-state index contributed by atoms with van der Waals surface area (Å²) in [7, 11) is 0. The van der Waals surface area contributed by atoms with E-state index >= 15 is 0 Å². The molecule has 8 nitrogen and oxygen atoms in total. The van der Waals surface area contributed by atoms with E-state index in [-0.39, 0.29) is 27.9 Å². The molecule has 3 aromatic carbocycles. The zero-order valence-electron chi connectivity index (χ0n) is 18.8. The van der Waals surface area contributed by atoms with Gasteiger partial charge in [-0.3, -0.25) is 10.1 Å². The Hall–Kier alpha value is -4.17.